The number of carbonyl (C=O) groups is 1. The maximum absolute atomic E-state index is 13.4. The molecule has 7 heteroatoms. The summed E-state index contributed by atoms with van der Waals surface area (Å²) >= 11 is 7.05. The molecule has 1 aliphatic rings. The minimum absolute atomic E-state index is 0.0759. The summed E-state index contributed by atoms with van der Waals surface area (Å²) in [6, 6.07) is 17.5. The summed E-state index contributed by atoms with van der Waals surface area (Å²) in [6.45, 7) is 2.46. The fourth-order valence-electron chi connectivity index (χ4n) is 2.95. The van der Waals surface area contributed by atoms with Crippen molar-refractivity contribution in [2.24, 2.45) is 4.99 Å². The van der Waals surface area contributed by atoms with E-state index in [0.29, 0.717) is 17.9 Å². The number of aryl methyl sites for hydroxylation is 1. The Morgan fingerprint density at radius 2 is 1.77 bits per heavy atom. The third kappa shape index (κ3) is 5.11. The van der Waals surface area contributed by atoms with E-state index in [2.05, 4.69) is 36.9 Å². The number of hydrogen-bond donors (Lipinski definition) is 0. The summed E-state index contributed by atoms with van der Waals surface area (Å²) in [6.07, 6.45) is 1.61. The molecule has 31 heavy (non-hydrogen) atoms. The second-order valence-electron chi connectivity index (χ2n) is 6.93. The lowest BCUT2D eigenvalue weighted by molar-refractivity contribution is -0.129. The Bertz CT molecular complexity index is 1200. The van der Waals surface area contributed by atoms with Gasteiger partial charge >= 0.3 is 5.97 Å². The highest BCUT2D eigenvalue weighted by molar-refractivity contribution is 9.11. The van der Waals surface area contributed by atoms with Crippen molar-refractivity contribution in [1.82, 2.24) is 0 Å². The zero-order valence-electron chi connectivity index (χ0n) is 16.4. The number of cyclic esters (lactones) is 1. The number of esters is 1. The number of nitrogens with zero attached hydrogens (tertiary/aromatic N) is 1. The fourth-order valence-corrected chi connectivity index (χ4v) is 4.40. The average molecular weight is 545 g/mol. The Labute approximate surface area is 195 Å². The number of carbonyl (C=O) groups excluding carboxylic acids is 1. The maximum Gasteiger partial charge on any atom is 0.363 e. The van der Waals surface area contributed by atoms with E-state index < -0.39 is 11.8 Å². The summed E-state index contributed by atoms with van der Waals surface area (Å²) < 4.78 is 26.0. The number of aliphatic imine (C=N–C) groups is 1. The van der Waals surface area contributed by atoms with Crippen LogP contribution in [0.4, 0.5) is 4.39 Å². The maximum atomic E-state index is 13.4. The van der Waals surface area contributed by atoms with Gasteiger partial charge in [0.25, 0.3) is 0 Å². The van der Waals surface area contributed by atoms with Crippen LogP contribution in [0.25, 0.3) is 6.08 Å². The quantitative estimate of drug-likeness (QED) is 0.269. The van der Waals surface area contributed by atoms with Crippen LogP contribution in [0.1, 0.15) is 22.3 Å². The van der Waals surface area contributed by atoms with Crippen molar-refractivity contribution >= 4 is 49.8 Å². The molecule has 0 spiro atoms. The van der Waals surface area contributed by atoms with Gasteiger partial charge < -0.3 is 9.47 Å². The molecule has 0 saturated carbocycles. The first-order valence-electron chi connectivity index (χ1n) is 9.35. The van der Waals surface area contributed by atoms with Crippen LogP contribution in [0.2, 0.25) is 0 Å². The lowest BCUT2D eigenvalue weighted by Crippen LogP contribution is -2.05. The van der Waals surface area contributed by atoms with Gasteiger partial charge in [0.2, 0.25) is 5.90 Å². The first-order valence-corrected chi connectivity index (χ1v) is 10.9. The summed E-state index contributed by atoms with van der Waals surface area (Å²) in [5.41, 5.74) is 3.50. The Hall–Kier alpha value is -2.77. The van der Waals surface area contributed by atoms with Gasteiger partial charge in [-0.25, -0.2) is 14.2 Å². The zero-order chi connectivity index (χ0) is 22.0. The van der Waals surface area contributed by atoms with Gasteiger partial charge in [-0.1, -0.05) is 35.9 Å². The van der Waals surface area contributed by atoms with E-state index in [0.717, 1.165) is 20.1 Å². The molecule has 0 radical (unpaired) electrons. The average Bonchev–Trinajstić information content (AvgIpc) is 3.09. The number of ether oxygens (including phenoxy) is 2. The Morgan fingerprint density at radius 1 is 1.06 bits per heavy atom. The summed E-state index contributed by atoms with van der Waals surface area (Å²) in [4.78, 5) is 16.4. The number of hydrogen-bond acceptors (Lipinski definition) is 4. The molecule has 1 aliphatic heterocycles. The van der Waals surface area contributed by atoms with Gasteiger partial charge in [0.1, 0.15) is 18.2 Å². The molecule has 3 aromatic rings. The summed E-state index contributed by atoms with van der Waals surface area (Å²) in [5.74, 6) is -0.290. The first kappa shape index (κ1) is 21.5. The predicted molar refractivity (Wildman–Crippen MR) is 124 cm³/mol. The monoisotopic (exact) mass is 543 g/mol. The lowest BCUT2D eigenvalue weighted by atomic mass is 10.1. The van der Waals surface area contributed by atoms with Gasteiger partial charge in [-0.3, -0.25) is 0 Å². The number of rotatable bonds is 5. The van der Waals surface area contributed by atoms with Gasteiger partial charge in [0.05, 0.1) is 8.95 Å². The third-order valence-corrected chi connectivity index (χ3v) is 5.70. The molecule has 0 atom stereocenters. The minimum atomic E-state index is -0.591. The highest BCUT2D eigenvalue weighted by Gasteiger charge is 2.24. The number of benzene rings is 3. The standard InChI is InChI=1S/C24H16Br2FNO3/c1-14-5-7-15(8-6-14)13-30-22-19(25)9-16(10-20(22)26)11-21-24(29)31-23(28-21)17-3-2-4-18(27)12-17/h2-12H,13H2,1H3/b21-11-. The third-order valence-electron chi connectivity index (χ3n) is 4.52. The van der Waals surface area contributed by atoms with E-state index in [9.17, 15) is 9.18 Å². The zero-order valence-corrected chi connectivity index (χ0v) is 19.5. The molecule has 0 unspecified atom stereocenters. The topological polar surface area (TPSA) is 47.9 Å². The van der Waals surface area contributed by atoms with Crippen LogP contribution in [0.3, 0.4) is 0 Å². The van der Waals surface area contributed by atoms with Crippen LogP contribution in [0, 0.1) is 12.7 Å². The molecule has 1 heterocycles. The summed E-state index contributed by atoms with van der Waals surface area (Å²) in [7, 11) is 0. The van der Waals surface area contributed by atoms with E-state index in [1.165, 1.54) is 23.8 Å². The molecule has 0 aromatic heterocycles. The molecule has 0 fully saturated rings. The second kappa shape index (κ2) is 9.16. The van der Waals surface area contributed by atoms with Gasteiger partial charge in [0, 0.05) is 5.56 Å². The molecular formula is C24H16Br2FNO3. The first-order chi connectivity index (χ1) is 14.9. The normalized spacial score (nSPS) is 14.5. The van der Waals surface area contributed by atoms with E-state index >= 15 is 0 Å². The molecule has 3 aromatic carbocycles. The molecule has 0 N–H and O–H groups in total. The van der Waals surface area contributed by atoms with Gasteiger partial charge in [-0.05, 0) is 86.3 Å². The van der Waals surface area contributed by atoms with Crippen molar-refractivity contribution in [3.63, 3.8) is 0 Å². The van der Waals surface area contributed by atoms with Crippen LogP contribution in [0.5, 0.6) is 5.75 Å². The highest BCUT2D eigenvalue weighted by atomic mass is 79.9. The fraction of sp³-hybridized carbons (Fsp3) is 0.0833. The molecular weight excluding hydrogens is 529 g/mol. The van der Waals surface area contributed by atoms with Crippen molar-refractivity contribution < 1.29 is 18.7 Å². The van der Waals surface area contributed by atoms with Crippen molar-refractivity contribution in [1.29, 1.82) is 0 Å². The van der Waals surface area contributed by atoms with E-state index in [-0.39, 0.29) is 11.6 Å². The van der Waals surface area contributed by atoms with Crippen molar-refractivity contribution in [3.8, 4) is 5.75 Å². The van der Waals surface area contributed by atoms with Gasteiger partial charge in [-0.15, -0.1) is 0 Å². The minimum Gasteiger partial charge on any atom is -0.487 e. The SMILES string of the molecule is Cc1ccc(COc2c(Br)cc(/C=C3\N=C(c4cccc(F)c4)OC3=O)cc2Br)cc1. The van der Waals surface area contributed by atoms with Crippen LogP contribution in [-0.2, 0) is 16.1 Å². The summed E-state index contributed by atoms with van der Waals surface area (Å²) in [5, 5.41) is 0. The van der Waals surface area contributed by atoms with Crippen LogP contribution in [0.15, 0.2) is 80.3 Å². The molecule has 156 valence electrons. The van der Waals surface area contributed by atoms with E-state index in [4.69, 9.17) is 9.47 Å². The van der Waals surface area contributed by atoms with Crippen LogP contribution in [-0.4, -0.2) is 11.9 Å². The molecule has 0 saturated heterocycles. The van der Waals surface area contributed by atoms with Crippen molar-refractivity contribution in [2.45, 2.75) is 13.5 Å². The van der Waals surface area contributed by atoms with Crippen molar-refractivity contribution in [2.75, 3.05) is 0 Å². The van der Waals surface area contributed by atoms with Gasteiger partial charge in [-0.2, -0.15) is 0 Å². The van der Waals surface area contributed by atoms with Crippen molar-refractivity contribution in [3.05, 3.63) is 103 Å². The van der Waals surface area contributed by atoms with Crippen LogP contribution >= 0.6 is 31.9 Å². The molecule has 0 amide bonds. The molecule has 0 aliphatic carbocycles. The van der Waals surface area contributed by atoms with Gasteiger partial charge in [0.15, 0.2) is 5.70 Å². The highest BCUT2D eigenvalue weighted by Crippen LogP contribution is 2.36. The lowest BCUT2D eigenvalue weighted by Gasteiger charge is -2.11. The Kier molecular flexibility index (Phi) is 6.34. The predicted octanol–water partition coefficient (Wildman–Crippen LogP) is 6.58. The van der Waals surface area contributed by atoms with E-state index in [1.54, 1.807) is 12.1 Å². The largest absolute Gasteiger partial charge is 0.487 e. The molecule has 4 nitrogen and oxygen atoms in total. The Morgan fingerprint density at radius 3 is 2.45 bits per heavy atom. The number of halogens is 3. The van der Waals surface area contributed by atoms with Crippen LogP contribution < -0.4 is 4.74 Å². The molecule has 0 bridgehead atoms. The molecule has 4 rings (SSSR count). The second-order valence-corrected chi connectivity index (χ2v) is 8.64. The smallest absolute Gasteiger partial charge is 0.363 e. The van der Waals surface area contributed by atoms with E-state index in [1.807, 2.05) is 43.3 Å². The Balaban J connectivity index is 1.55.